The fourth-order valence-corrected chi connectivity index (χ4v) is 2.93. The summed E-state index contributed by atoms with van der Waals surface area (Å²) in [6.07, 6.45) is 4.81. The number of halogens is 1. The van der Waals surface area contributed by atoms with Gasteiger partial charge in [0.1, 0.15) is 5.82 Å². The summed E-state index contributed by atoms with van der Waals surface area (Å²) >= 11 is 0. The number of hydrogen-bond donors (Lipinski definition) is 2. The van der Waals surface area contributed by atoms with Crippen LogP contribution < -0.4 is 15.8 Å². The van der Waals surface area contributed by atoms with Gasteiger partial charge in [-0.2, -0.15) is 0 Å². The predicted molar refractivity (Wildman–Crippen MR) is 83.4 cm³/mol. The molecule has 1 fully saturated rings. The van der Waals surface area contributed by atoms with E-state index in [-0.39, 0.29) is 11.9 Å². The molecule has 1 saturated heterocycles. The van der Waals surface area contributed by atoms with Crippen LogP contribution in [0.5, 0.6) is 5.88 Å². The van der Waals surface area contributed by atoms with Gasteiger partial charge in [-0.3, -0.25) is 4.98 Å². The summed E-state index contributed by atoms with van der Waals surface area (Å²) in [4.78, 5) is 8.46. The standard InChI is InChI=1S/C16H21FN4O/c1-22-15-7-6-14-16(21-15)12(13(17)9-20-14)5-4-11-3-2-10(18)8-19-11/h6-7,9-11,19H,2-5,8,18H2,1H3. The van der Waals surface area contributed by atoms with Crippen LogP contribution in [0.25, 0.3) is 11.0 Å². The lowest BCUT2D eigenvalue weighted by Gasteiger charge is -2.27. The van der Waals surface area contributed by atoms with E-state index in [0.717, 1.165) is 25.8 Å². The van der Waals surface area contributed by atoms with E-state index in [0.29, 0.717) is 34.9 Å². The third kappa shape index (κ3) is 3.18. The number of pyridine rings is 2. The number of fused-ring (bicyclic) bond motifs is 1. The number of rotatable bonds is 4. The predicted octanol–water partition coefficient (Wildman–Crippen LogP) is 1.79. The summed E-state index contributed by atoms with van der Waals surface area (Å²) < 4.78 is 19.3. The highest BCUT2D eigenvalue weighted by Crippen LogP contribution is 2.23. The molecule has 2 unspecified atom stereocenters. The summed E-state index contributed by atoms with van der Waals surface area (Å²) in [5, 5.41) is 3.42. The van der Waals surface area contributed by atoms with Crippen molar-refractivity contribution >= 4 is 11.0 Å². The van der Waals surface area contributed by atoms with Crippen LogP contribution in [0.1, 0.15) is 24.8 Å². The maximum Gasteiger partial charge on any atom is 0.213 e. The first-order chi connectivity index (χ1) is 10.7. The summed E-state index contributed by atoms with van der Waals surface area (Å²) in [5.74, 6) is 0.170. The van der Waals surface area contributed by atoms with E-state index in [1.807, 2.05) is 6.07 Å². The largest absolute Gasteiger partial charge is 0.481 e. The van der Waals surface area contributed by atoms with E-state index in [4.69, 9.17) is 10.5 Å². The van der Waals surface area contributed by atoms with Gasteiger partial charge in [0.05, 0.1) is 24.3 Å². The molecule has 2 atom stereocenters. The van der Waals surface area contributed by atoms with Gasteiger partial charge in [-0.15, -0.1) is 0 Å². The van der Waals surface area contributed by atoms with Gasteiger partial charge in [0.25, 0.3) is 0 Å². The van der Waals surface area contributed by atoms with Crippen LogP contribution in [0.3, 0.4) is 0 Å². The second-order valence-corrected chi connectivity index (χ2v) is 5.79. The van der Waals surface area contributed by atoms with Crippen molar-refractivity contribution in [1.29, 1.82) is 0 Å². The first-order valence-corrected chi connectivity index (χ1v) is 7.64. The minimum atomic E-state index is -0.305. The normalized spacial score (nSPS) is 22.0. The summed E-state index contributed by atoms with van der Waals surface area (Å²) in [6, 6.07) is 4.16. The van der Waals surface area contributed by atoms with Gasteiger partial charge in [0.15, 0.2) is 0 Å². The average molecular weight is 304 g/mol. The second-order valence-electron chi connectivity index (χ2n) is 5.79. The molecule has 0 aromatic carbocycles. The smallest absolute Gasteiger partial charge is 0.213 e. The zero-order chi connectivity index (χ0) is 15.5. The van der Waals surface area contributed by atoms with Crippen LogP contribution in [-0.4, -0.2) is 35.7 Å². The zero-order valence-electron chi connectivity index (χ0n) is 12.7. The van der Waals surface area contributed by atoms with Gasteiger partial charge in [-0.25, -0.2) is 9.37 Å². The molecule has 0 saturated carbocycles. The molecule has 118 valence electrons. The van der Waals surface area contributed by atoms with Crippen molar-refractivity contribution in [2.45, 2.75) is 37.8 Å². The van der Waals surface area contributed by atoms with E-state index in [2.05, 4.69) is 15.3 Å². The lowest BCUT2D eigenvalue weighted by molar-refractivity contribution is 0.350. The van der Waals surface area contributed by atoms with E-state index >= 15 is 0 Å². The van der Waals surface area contributed by atoms with E-state index in [9.17, 15) is 4.39 Å². The molecule has 0 bridgehead atoms. The number of nitrogens with two attached hydrogens (primary N) is 1. The van der Waals surface area contributed by atoms with Crippen LogP contribution in [0, 0.1) is 5.82 Å². The monoisotopic (exact) mass is 304 g/mol. The van der Waals surface area contributed by atoms with Gasteiger partial charge in [0, 0.05) is 30.3 Å². The third-order valence-corrected chi connectivity index (χ3v) is 4.25. The molecule has 3 rings (SSSR count). The molecule has 1 aliphatic heterocycles. The Kier molecular flexibility index (Phi) is 4.49. The summed E-state index contributed by atoms with van der Waals surface area (Å²) in [5.41, 5.74) is 7.77. The molecular weight excluding hydrogens is 283 g/mol. The van der Waals surface area contributed by atoms with Crippen molar-refractivity contribution in [1.82, 2.24) is 15.3 Å². The molecular formula is C16H21FN4O. The molecule has 6 heteroatoms. The van der Waals surface area contributed by atoms with Gasteiger partial charge in [0.2, 0.25) is 5.88 Å². The fraction of sp³-hybridized carbons (Fsp3) is 0.500. The lowest BCUT2D eigenvalue weighted by atomic mass is 9.95. The maximum atomic E-state index is 14.2. The highest BCUT2D eigenvalue weighted by atomic mass is 19.1. The first kappa shape index (κ1) is 15.1. The lowest BCUT2D eigenvalue weighted by Crippen LogP contribution is -2.45. The average Bonchev–Trinajstić information content (AvgIpc) is 2.55. The van der Waals surface area contributed by atoms with Crippen molar-refractivity contribution in [3.63, 3.8) is 0 Å². The Labute approximate surface area is 129 Å². The maximum absolute atomic E-state index is 14.2. The Morgan fingerprint density at radius 1 is 1.41 bits per heavy atom. The molecule has 2 aromatic heterocycles. The molecule has 0 amide bonds. The van der Waals surface area contributed by atoms with Crippen LogP contribution in [-0.2, 0) is 6.42 Å². The number of methoxy groups -OCH3 is 1. The number of hydrogen-bond acceptors (Lipinski definition) is 5. The molecule has 2 aromatic rings. The van der Waals surface area contributed by atoms with Crippen LogP contribution in [0.4, 0.5) is 4.39 Å². The fourth-order valence-electron chi connectivity index (χ4n) is 2.93. The number of nitrogens with zero attached hydrogens (tertiary/aromatic N) is 2. The van der Waals surface area contributed by atoms with Crippen LogP contribution >= 0.6 is 0 Å². The highest BCUT2D eigenvalue weighted by molar-refractivity contribution is 5.78. The topological polar surface area (TPSA) is 73.1 Å². The Hall–Kier alpha value is -1.79. The van der Waals surface area contributed by atoms with Gasteiger partial charge in [-0.1, -0.05) is 0 Å². The van der Waals surface area contributed by atoms with E-state index in [1.54, 1.807) is 13.2 Å². The van der Waals surface area contributed by atoms with E-state index in [1.165, 1.54) is 6.20 Å². The molecule has 3 heterocycles. The molecule has 0 aliphatic carbocycles. The Morgan fingerprint density at radius 3 is 3.00 bits per heavy atom. The molecule has 22 heavy (non-hydrogen) atoms. The van der Waals surface area contributed by atoms with Gasteiger partial charge >= 0.3 is 0 Å². The summed E-state index contributed by atoms with van der Waals surface area (Å²) in [6.45, 7) is 0.830. The Bertz CT molecular complexity index is 656. The quantitative estimate of drug-likeness (QED) is 0.901. The molecule has 0 spiro atoms. The minimum Gasteiger partial charge on any atom is -0.481 e. The number of aromatic nitrogens is 2. The second kappa shape index (κ2) is 6.54. The van der Waals surface area contributed by atoms with Crippen molar-refractivity contribution < 1.29 is 9.13 Å². The number of nitrogens with one attached hydrogen (secondary N) is 1. The Morgan fingerprint density at radius 2 is 2.27 bits per heavy atom. The molecule has 3 N–H and O–H groups in total. The van der Waals surface area contributed by atoms with Crippen LogP contribution in [0.15, 0.2) is 18.3 Å². The third-order valence-electron chi connectivity index (χ3n) is 4.25. The molecule has 5 nitrogen and oxygen atoms in total. The summed E-state index contributed by atoms with van der Waals surface area (Å²) in [7, 11) is 1.55. The van der Waals surface area contributed by atoms with Gasteiger partial charge in [-0.05, 0) is 31.7 Å². The molecule has 0 radical (unpaired) electrons. The van der Waals surface area contributed by atoms with Crippen molar-refractivity contribution in [3.05, 3.63) is 29.7 Å². The minimum absolute atomic E-state index is 0.237. The number of piperidine rings is 1. The van der Waals surface area contributed by atoms with Crippen molar-refractivity contribution in [2.75, 3.05) is 13.7 Å². The highest BCUT2D eigenvalue weighted by Gasteiger charge is 2.19. The first-order valence-electron chi connectivity index (χ1n) is 7.64. The van der Waals surface area contributed by atoms with Crippen molar-refractivity contribution in [2.24, 2.45) is 5.73 Å². The number of ether oxygens (including phenoxy) is 1. The van der Waals surface area contributed by atoms with Crippen LogP contribution in [0.2, 0.25) is 0 Å². The Balaban J connectivity index is 1.81. The molecule has 1 aliphatic rings. The van der Waals surface area contributed by atoms with E-state index < -0.39 is 0 Å². The SMILES string of the molecule is COc1ccc2ncc(F)c(CCC3CCC(N)CN3)c2n1. The number of aryl methyl sites for hydroxylation is 1. The zero-order valence-corrected chi connectivity index (χ0v) is 12.7. The van der Waals surface area contributed by atoms with Gasteiger partial charge < -0.3 is 15.8 Å². The van der Waals surface area contributed by atoms with Crippen molar-refractivity contribution in [3.8, 4) is 5.88 Å².